The largest absolute Gasteiger partial charge is 0.497 e. The number of ketones is 1. The number of methoxy groups -OCH3 is 2. The van der Waals surface area contributed by atoms with Crippen LogP contribution in [-0.2, 0) is 6.42 Å². The van der Waals surface area contributed by atoms with Crippen LogP contribution in [0.15, 0.2) is 42.5 Å². The summed E-state index contributed by atoms with van der Waals surface area (Å²) in [6.07, 6.45) is 0.386. The van der Waals surface area contributed by atoms with Gasteiger partial charge in [-0.2, -0.15) is 0 Å². The zero-order valence-corrected chi connectivity index (χ0v) is 12.0. The molecule has 0 aromatic heterocycles. The van der Waals surface area contributed by atoms with Crippen molar-refractivity contribution < 1.29 is 14.3 Å². The Labute approximate surface area is 119 Å². The maximum atomic E-state index is 12.3. The van der Waals surface area contributed by atoms with E-state index < -0.39 is 0 Å². The van der Waals surface area contributed by atoms with Gasteiger partial charge in [0.1, 0.15) is 11.5 Å². The van der Waals surface area contributed by atoms with E-state index in [9.17, 15) is 4.79 Å². The highest BCUT2D eigenvalue weighted by Gasteiger charge is 2.10. The second-order valence-electron chi connectivity index (χ2n) is 4.63. The second-order valence-corrected chi connectivity index (χ2v) is 4.63. The van der Waals surface area contributed by atoms with E-state index in [1.165, 1.54) is 0 Å². The number of hydrogen-bond acceptors (Lipinski definition) is 3. The molecule has 0 unspecified atom stereocenters. The minimum absolute atomic E-state index is 0.107. The summed E-state index contributed by atoms with van der Waals surface area (Å²) in [5.74, 6) is 1.67. The van der Waals surface area contributed by atoms with E-state index in [2.05, 4.69) is 0 Å². The quantitative estimate of drug-likeness (QED) is 0.781. The van der Waals surface area contributed by atoms with E-state index in [0.29, 0.717) is 6.42 Å². The molecule has 0 aliphatic carbocycles. The van der Waals surface area contributed by atoms with Crippen LogP contribution in [0.3, 0.4) is 0 Å². The van der Waals surface area contributed by atoms with Gasteiger partial charge in [0.15, 0.2) is 5.78 Å². The van der Waals surface area contributed by atoms with Crippen molar-refractivity contribution in [2.75, 3.05) is 14.2 Å². The van der Waals surface area contributed by atoms with Gasteiger partial charge in [-0.15, -0.1) is 0 Å². The highest BCUT2D eigenvalue weighted by atomic mass is 16.5. The first kappa shape index (κ1) is 14.1. The topological polar surface area (TPSA) is 35.5 Å². The highest BCUT2D eigenvalue weighted by molar-refractivity contribution is 5.98. The van der Waals surface area contributed by atoms with Gasteiger partial charge in [0, 0.05) is 12.0 Å². The fourth-order valence-electron chi connectivity index (χ4n) is 2.10. The van der Waals surface area contributed by atoms with Gasteiger partial charge in [-0.1, -0.05) is 12.1 Å². The third-order valence-corrected chi connectivity index (χ3v) is 3.26. The van der Waals surface area contributed by atoms with Gasteiger partial charge in [0.05, 0.1) is 14.2 Å². The van der Waals surface area contributed by atoms with Crippen LogP contribution in [0.5, 0.6) is 11.5 Å². The zero-order chi connectivity index (χ0) is 14.5. The number of aryl methyl sites for hydroxylation is 1. The number of carbonyl (C=O) groups is 1. The fraction of sp³-hybridized carbons (Fsp3) is 0.235. The molecule has 0 aliphatic rings. The minimum atomic E-state index is 0.107. The SMILES string of the molecule is COc1ccc(CC(=O)c2ccc(OC)cc2C)cc1. The summed E-state index contributed by atoms with van der Waals surface area (Å²) < 4.78 is 10.3. The first-order chi connectivity index (χ1) is 9.63. The summed E-state index contributed by atoms with van der Waals surface area (Å²) in [4.78, 5) is 12.3. The number of carbonyl (C=O) groups excluding carboxylic acids is 1. The molecule has 0 spiro atoms. The van der Waals surface area contributed by atoms with Gasteiger partial charge in [-0.25, -0.2) is 0 Å². The van der Waals surface area contributed by atoms with Gasteiger partial charge < -0.3 is 9.47 Å². The predicted octanol–water partition coefficient (Wildman–Crippen LogP) is 3.44. The van der Waals surface area contributed by atoms with Crippen LogP contribution in [0.4, 0.5) is 0 Å². The summed E-state index contributed by atoms with van der Waals surface area (Å²) >= 11 is 0. The molecule has 0 saturated heterocycles. The molecule has 0 saturated carbocycles. The van der Waals surface area contributed by atoms with Crippen molar-refractivity contribution in [2.24, 2.45) is 0 Å². The monoisotopic (exact) mass is 270 g/mol. The number of benzene rings is 2. The Balaban J connectivity index is 2.14. The second kappa shape index (κ2) is 6.24. The molecule has 0 atom stereocenters. The Morgan fingerprint density at radius 2 is 1.55 bits per heavy atom. The van der Waals surface area contributed by atoms with Gasteiger partial charge >= 0.3 is 0 Å². The van der Waals surface area contributed by atoms with Crippen molar-refractivity contribution in [3.8, 4) is 11.5 Å². The Bertz CT molecular complexity index is 600. The van der Waals surface area contributed by atoms with Crippen LogP contribution in [0.25, 0.3) is 0 Å². The number of Topliss-reactive ketones (excluding diaryl/α,β-unsaturated/α-hetero) is 1. The molecule has 3 heteroatoms. The summed E-state index contributed by atoms with van der Waals surface area (Å²) in [6.45, 7) is 1.92. The van der Waals surface area contributed by atoms with Crippen LogP contribution in [0.1, 0.15) is 21.5 Å². The molecule has 104 valence electrons. The maximum absolute atomic E-state index is 12.3. The molecule has 0 amide bonds. The van der Waals surface area contributed by atoms with E-state index in [-0.39, 0.29) is 5.78 Å². The van der Waals surface area contributed by atoms with Gasteiger partial charge in [0.25, 0.3) is 0 Å². The van der Waals surface area contributed by atoms with Gasteiger partial charge in [-0.3, -0.25) is 4.79 Å². The molecule has 3 nitrogen and oxygen atoms in total. The van der Waals surface area contributed by atoms with E-state index in [1.807, 2.05) is 49.4 Å². The average molecular weight is 270 g/mol. The Hall–Kier alpha value is -2.29. The summed E-state index contributed by atoms with van der Waals surface area (Å²) in [7, 11) is 3.24. The number of rotatable bonds is 5. The van der Waals surface area contributed by atoms with Gasteiger partial charge in [0.2, 0.25) is 0 Å². The first-order valence-corrected chi connectivity index (χ1v) is 6.45. The Morgan fingerprint density at radius 1 is 0.950 bits per heavy atom. The van der Waals surface area contributed by atoms with Gasteiger partial charge in [-0.05, 0) is 48.4 Å². The van der Waals surface area contributed by atoms with Crippen LogP contribution < -0.4 is 9.47 Å². The molecule has 20 heavy (non-hydrogen) atoms. The standard InChI is InChI=1S/C17H18O3/c1-12-10-15(20-3)8-9-16(12)17(18)11-13-4-6-14(19-2)7-5-13/h4-10H,11H2,1-3H3. The maximum Gasteiger partial charge on any atom is 0.167 e. The lowest BCUT2D eigenvalue weighted by atomic mass is 9.99. The van der Waals surface area contributed by atoms with Crippen molar-refractivity contribution in [2.45, 2.75) is 13.3 Å². The highest BCUT2D eigenvalue weighted by Crippen LogP contribution is 2.19. The number of hydrogen-bond donors (Lipinski definition) is 0. The van der Waals surface area contributed by atoms with Crippen molar-refractivity contribution in [1.82, 2.24) is 0 Å². The molecular weight excluding hydrogens is 252 g/mol. The molecular formula is C17H18O3. The van der Waals surface area contributed by atoms with E-state index in [0.717, 1.165) is 28.2 Å². The molecule has 2 aromatic rings. The molecule has 0 heterocycles. The third kappa shape index (κ3) is 3.18. The molecule has 0 radical (unpaired) electrons. The lowest BCUT2D eigenvalue weighted by Crippen LogP contribution is -2.05. The molecule has 0 fully saturated rings. The molecule has 0 N–H and O–H groups in total. The third-order valence-electron chi connectivity index (χ3n) is 3.26. The van der Waals surface area contributed by atoms with Crippen molar-refractivity contribution in [1.29, 1.82) is 0 Å². The first-order valence-electron chi connectivity index (χ1n) is 6.45. The lowest BCUT2D eigenvalue weighted by Gasteiger charge is -2.08. The van der Waals surface area contributed by atoms with Crippen LogP contribution in [-0.4, -0.2) is 20.0 Å². The predicted molar refractivity (Wildman–Crippen MR) is 78.8 cm³/mol. The van der Waals surface area contributed by atoms with E-state index in [4.69, 9.17) is 9.47 Å². The Kier molecular flexibility index (Phi) is 4.41. The normalized spacial score (nSPS) is 10.2. The van der Waals surface area contributed by atoms with Crippen LogP contribution >= 0.6 is 0 Å². The fourth-order valence-corrected chi connectivity index (χ4v) is 2.10. The molecule has 0 aliphatic heterocycles. The summed E-state index contributed by atoms with van der Waals surface area (Å²) in [5.41, 5.74) is 2.65. The zero-order valence-electron chi connectivity index (χ0n) is 12.0. The molecule has 0 bridgehead atoms. The summed E-state index contributed by atoms with van der Waals surface area (Å²) in [6, 6.07) is 13.1. The lowest BCUT2D eigenvalue weighted by molar-refractivity contribution is 0.0992. The Morgan fingerprint density at radius 3 is 2.10 bits per heavy atom. The smallest absolute Gasteiger partial charge is 0.167 e. The molecule has 2 aromatic carbocycles. The number of ether oxygens (including phenoxy) is 2. The average Bonchev–Trinajstić information content (AvgIpc) is 2.47. The van der Waals surface area contributed by atoms with Crippen LogP contribution in [0, 0.1) is 6.92 Å². The molecule has 2 rings (SSSR count). The van der Waals surface area contributed by atoms with E-state index >= 15 is 0 Å². The van der Waals surface area contributed by atoms with Crippen molar-refractivity contribution in [3.05, 3.63) is 59.2 Å². The summed E-state index contributed by atoms with van der Waals surface area (Å²) in [5, 5.41) is 0. The van der Waals surface area contributed by atoms with Crippen molar-refractivity contribution in [3.63, 3.8) is 0 Å². The minimum Gasteiger partial charge on any atom is -0.497 e. The van der Waals surface area contributed by atoms with Crippen molar-refractivity contribution >= 4 is 5.78 Å². The van der Waals surface area contributed by atoms with Crippen LogP contribution in [0.2, 0.25) is 0 Å². The van der Waals surface area contributed by atoms with E-state index in [1.54, 1.807) is 14.2 Å².